The van der Waals surface area contributed by atoms with Gasteiger partial charge in [0.15, 0.2) is 5.65 Å². The molecule has 41 heavy (non-hydrogen) atoms. The van der Waals surface area contributed by atoms with Gasteiger partial charge in [-0.25, -0.2) is 9.50 Å². The van der Waals surface area contributed by atoms with Crippen LogP contribution in [0.2, 0.25) is 0 Å². The van der Waals surface area contributed by atoms with Gasteiger partial charge in [-0.15, -0.1) is 11.7 Å². The number of carbonyl (C=O) groups excluding carboxylic acids is 1. The number of morpholine rings is 1. The Kier molecular flexibility index (Phi) is 11.3. The first-order valence-corrected chi connectivity index (χ1v) is 14.4. The Labute approximate surface area is 240 Å². The third-order valence-corrected chi connectivity index (χ3v) is 7.33. The van der Waals surface area contributed by atoms with Crippen molar-refractivity contribution in [2.24, 2.45) is 5.92 Å². The molecule has 1 aromatic carbocycles. The van der Waals surface area contributed by atoms with E-state index in [2.05, 4.69) is 16.8 Å². The summed E-state index contributed by atoms with van der Waals surface area (Å²) in [5, 5.41) is 7.88. The number of benzene rings is 1. The zero-order valence-corrected chi connectivity index (χ0v) is 24.8. The van der Waals surface area contributed by atoms with E-state index in [0.29, 0.717) is 61.7 Å². The van der Waals surface area contributed by atoms with Crippen molar-refractivity contribution in [3.05, 3.63) is 70.6 Å². The highest BCUT2D eigenvalue weighted by atomic mass is 19.4. The fourth-order valence-corrected chi connectivity index (χ4v) is 4.89. The highest BCUT2D eigenvalue weighted by Crippen LogP contribution is 2.34. The summed E-state index contributed by atoms with van der Waals surface area (Å²) in [4.78, 5) is 19.8. The Morgan fingerprint density at radius 3 is 2.56 bits per heavy atom. The minimum absolute atomic E-state index is 0.104. The van der Waals surface area contributed by atoms with E-state index >= 15 is 0 Å². The third kappa shape index (κ3) is 7.67. The Balaban J connectivity index is 0.00000226. The largest absolute Gasteiger partial charge is 0.416 e. The van der Waals surface area contributed by atoms with Crippen molar-refractivity contribution in [2.45, 2.75) is 73.0 Å². The number of alkyl halides is 3. The summed E-state index contributed by atoms with van der Waals surface area (Å²) in [5.41, 5.74) is 2.94. The van der Waals surface area contributed by atoms with Gasteiger partial charge in [0.2, 0.25) is 5.91 Å². The highest BCUT2D eigenvalue weighted by Gasteiger charge is 2.33. The maximum Gasteiger partial charge on any atom is 0.416 e. The van der Waals surface area contributed by atoms with Gasteiger partial charge in [0, 0.05) is 31.0 Å². The molecule has 3 heterocycles. The first-order valence-electron chi connectivity index (χ1n) is 14.4. The molecule has 1 saturated heterocycles. The van der Waals surface area contributed by atoms with Gasteiger partial charge in [-0.3, -0.25) is 4.79 Å². The molecule has 0 radical (unpaired) electrons. The van der Waals surface area contributed by atoms with Crippen LogP contribution in [-0.2, 0) is 35.1 Å². The van der Waals surface area contributed by atoms with Crippen LogP contribution in [0.4, 0.5) is 19.0 Å². The number of aryl methyl sites for hydroxylation is 1. The second kappa shape index (κ2) is 14.5. The lowest BCUT2D eigenvalue weighted by atomic mass is 9.98. The van der Waals surface area contributed by atoms with Crippen molar-refractivity contribution in [3.63, 3.8) is 0 Å². The number of hydrogen-bond acceptors (Lipinski definition) is 5. The first-order chi connectivity index (χ1) is 19.6. The Morgan fingerprint density at radius 1 is 1.22 bits per heavy atom. The summed E-state index contributed by atoms with van der Waals surface area (Å²) in [5.74, 6) is 0.468. The van der Waals surface area contributed by atoms with Crippen LogP contribution in [0, 0.1) is 12.8 Å². The van der Waals surface area contributed by atoms with E-state index in [1.165, 1.54) is 13.0 Å². The SMILES string of the molecule is C=CCCC(C)C(=O)NCc1nc2c(CC)cc(N3CCOCC3)nn2c1Cc1cccc(C(F)(F)F)c1C.CC. The van der Waals surface area contributed by atoms with Crippen LogP contribution < -0.4 is 10.2 Å². The average molecular weight is 574 g/mol. The molecule has 4 rings (SSSR count). The van der Waals surface area contributed by atoms with Gasteiger partial charge in [0.1, 0.15) is 5.82 Å². The number of allylic oxidation sites excluding steroid dienone is 1. The van der Waals surface area contributed by atoms with Gasteiger partial charge in [0.05, 0.1) is 36.7 Å². The van der Waals surface area contributed by atoms with Crippen molar-refractivity contribution in [1.29, 1.82) is 0 Å². The molecule has 1 fully saturated rings. The molecule has 3 aromatic rings. The topological polar surface area (TPSA) is 71.8 Å². The Hall–Kier alpha value is -3.40. The molecule has 1 N–H and O–H groups in total. The molecule has 2 aromatic heterocycles. The first kappa shape index (κ1) is 32.1. The average Bonchev–Trinajstić information content (AvgIpc) is 3.32. The zero-order valence-electron chi connectivity index (χ0n) is 24.8. The molecule has 1 unspecified atom stereocenters. The fourth-order valence-electron chi connectivity index (χ4n) is 4.89. The number of imidazole rings is 1. The maximum atomic E-state index is 13.7. The molecule has 0 aliphatic carbocycles. The van der Waals surface area contributed by atoms with E-state index in [9.17, 15) is 18.0 Å². The number of amides is 1. The second-order valence-electron chi connectivity index (χ2n) is 9.97. The summed E-state index contributed by atoms with van der Waals surface area (Å²) in [6, 6.07) is 6.26. The van der Waals surface area contributed by atoms with Crippen molar-refractivity contribution in [1.82, 2.24) is 19.9 Å². The molecule has 224 valence electrons. The number of carbonyl (C=O) groups is 1. The third-order valence-electron chi connectivity index (χ3n) is 7.33. The van der Waals surface area contributed by atoms with Gasteiger partial charge < -0.3 is 15.0 Å². The van der Waals surface area contributed by atoms with Gasteiger partial charge in [0.25, 0.3) is 0 Å². The van der Waals surface area contributed by atoms with Gasteiger partial charge >= 0.3 is 6.18 Å². The van der Waals surface area contributed by atoms with Crippen LogP contribution in [0.1, 0.15) is 74.2 Å². The number of anilines is 1. The van der Waals surface area contributed by atoms with Crippen LogP contribution in [0.25, 0.3) is 5.65 Å². The molecule has 1 atom stereocenters. The van der Waals surface area contributed by atoms with Crippen molar-refractivity contribution >= 4 is 17.4 Å². The van der Waals surface area contributed by atoms with Gasteiger partial charge in [-0.05, 0) is 49.4 Å². The summed E-state index contributed by atoms with van der Waals surface area (Å²) >= 11 is 0. The lowest BCUT2D eigenvalue weighted by Crippen LogP contribution is -2.37. The van der Waals surface area contributed by atoms with E-state index in [4.69, 9.17) is 14.8 Å². The Morgan fingerprint density at radius 2 is 1.93 bits per heavy atom. The summed E-state index contributed by atoms with van der Waals surface area (Å²) in [6.45, 7) is 15.9. The van der Waals surface area contributed by atoms with E-state index in [-0.39, 0.29) is 30.4 Å². The normalized spacial score (nSPS) is 14.4. The maximum absolute atomic E-state index is 13.7. The van der Waals surface area contributed by atoms with Crippen LogP contribution in [0.3, 0.4) is 0 Å². The quantitative estimate of drug-likeness (QED) is 0.289. The second-order valence-corrected chi connectivity index (χ2v) is 9.97. The van der Waals surface area contributed by atoms with Gasteiger partial charge in [-0.1, -0.05) is 45.9 Å². The van der Waals surface area contributed by atoms with E-state index in [1.54, 1.807) is 16.7 Å². The molecule has 0 spiro atoms. The lowest BCUT2D eigenvalue weighted by Gasteiger charge is -2.28. The van der Waals surface area contributed by atoms with Crippen LogP contribution in [0.5, 0.6) is 0 Å². The fraction of sp³-hybridized carbons (Fsp3) is 0.516. The molecule has 10 heteroatoms. The molecule has 0 saturated carbocycles. The standard InChI is InChI=1S/C29H36F3N5O2.C2H6/c1-5-7-9-19(3)28(38)33-18-24-25(16-22-10-8-11-23(20(22)4)29(30,31)32)37-27(34-24)21(6-2)17-26(35-37)36-12-14-39-15-13-36;1-2/h5,8,10-11,17,19H,1,6-7,9,12-16,18H2,2-4H3,(H,33,38);1-2H3. The predicted octanol–water partition coefficient (Wildman–Crippen LogP) is 6.29. The molecule has 1 amide bonds. The smallest absolute Gasteiger partial charge is 0.378 e. The van der Waals surface area contributed by atoms with E-state index in [0.717, 1.165) is 23.9 Å². The van der Waals surface area contributed by atoms with Crippen molar-refractivity contribution < 1.29 is 22.7 Å². The van der Waals surface area contributed by atoms with E-state index in [1.807, 2.05) is 33.8 Å². The van der Waals surface area contributed by atoms with E-state index < -0.39 is 11.7 Å². The van der Waals surface area contributed by atoms with Gasteiger partial charge in [-0.2, -0.15) is 13.2 Å². The summed E-state index contributed by atoms with van der Waals surface area (Å²) < 4.78 is 48.3. The molecular formula is C31H42F3N5O2. The number of ether oxygens (including phenoxy) is 1. The summed E-state index contributed by atoms with van der Waals surface area (Å²) in [7, 11) is 0. The minimum Gasteiger partial charge on any atom is -0.378 e. The summed E-state index contributed by atoms with van der Waals surface area (Å²) in [6.07, 6.45) is -0.359. The number of nitrogens with one attached hydrogen (secondary N) is 1. The number of rotatable bonds is 10. The lowest BCUT2D eigenvalue weighted by molar-refractivity contribution is -0.138. The van der Waals surface area contributed by atoms with Crippen LogP contribution >= 0.6 is 0 Å². The molecule has 0 bridgehead atoms. The van der Waals surface area contributed by atoms with Crippen molar-refractivity contribution in [2.75, 3.05) is 31.2 Å². The molecule has 1 aliphatic heterocycles. The molecule has 1 aliphatic rings. The Bertz CT molecular complexity index is 1330. The molecular weight excluding hydrogens is 531 g/mol. The highest BCUT2D eigenvalue weighted by molar-refractivity contribution is 5.78. The number of aromatic nitrogens is 3. The molecule has 7 nitrogen and oxygen atoms in total. The predicted molar refractivity (Wildman–Crippen MR) is 156 cm³/mol. The number of fused-ring (bicyclic) bond motifs is 1. The van der Waals surface area contributed by atoms with Crippen LogP contribution in [0.15, 0.2) is 36.9 Å². The number of hydrogen-bond donors (Lipinski definition) is 1. The zero-order chi connectivity index (χ0) is 30.2. The number of halogens is 3. The number of nitrogens with zero attached hydrogens (tertiary/aromatic N) is 4. The van der Waals surface area contributed by atoms with Crippen molar-refractivity contribution in [3.8, 4) is 0 Å². The minimum atomic E-state index is -4.45. The van der Waals surface area contributed by atoms with Crippen LogP contribution in [-0.4, -0.2) is 46.8 Å². The monoisotopic (exact) mass is 573 g/mol.